The number of H-pyrrole nitrogens is 1. The maximum atomic E-state index is 13.5. The van der Waals surface area contributed by atoms with Crippen LogP contribution in [0.25, 0.3) is 22.6 Å². The Kier molecular flexibility index (Phi) is 1.89. The lowest BCUT2D eigenvalue weighted by Gasteiger charge is -2.00. The van der Waals surface area contributed by atoms with Gasteiger partial charge in [-0.25, -0.2) is 19.3 Å². The van der Waals surface area contributed by atoms with Crippen LogP contribution >= 0.6 is 0 Å². The first-order valence-electron chi connectivity index (χ1n) is 4.75. The summed E-state index contributed by atoms with van der Waals surface area (Å²) in [4.78, 5) is 15.1. The number of benzene rings is 1. The number of rotatable bonds is 1. The summed E-state index contributed by atoms with van der Waals surface area (Å²) < 4.78 is 13.5. The predicted molar refractivity (Wildman–Crippen MR) is 57.1 cm³/mol. The molecule has 4 nitrogen and oxygen atoms in total. The van der Waals surface area contributed by atoms with Crippen molar-refractivity contribution in [1.82, 2.24) is 19.9 Å². The van der Waals surface area contributed by atoms with Gasteiger partial charge in [-0.2, -0.15) is 0 Å². The average Bonchev–Trinajstić information content (AvgIpc) is 2.76. The molecular formula is C11H7FN4. The highest BCUT2D eigenvalue weighted by molar-refractivity contribution is 5.71. The number of hydrogen-bond donors (Lipinski definition) is 1. The Balaban J connectivity index is 2.22. The average molecular weight is 214 g/mol. The molecule has 0 atom stereocenters. The van der Waals surface area contributed by atoms with Crippen LogP contribution in [0.3, 0.4) is 0 Å². The van der Waals surface area contributed by atoms with Crippen molar-refractivity contribution >= 4 is 11.2 Å². The van der Waals surface area contributed by atoms with Gasteiger partial charge in [0, 0.05) is 0 Å². The van der Waals surface area contributed by atoms with Gasteiger partial charge >= 0.3 is 0 Å². The molecule has 16 heavy (non-hydrogen) atoms. The minimum Gasteiger partial charge on any atom is -0.342 e. The summed E-state index contributed by atoms with van der Waals surface area (Å²) in [7, 11) is 0. The predicted octanol–water partition coefficient (Wildman–Crippen LogP) is 2.16. The number of nitrogens with zero attached hydrogens (tertiary/aromatic N) is 3. The van der Waals surface area contributed by atoms with E-state index in [0.29, 0.717) is 17.0 Å². The largest absolute Gasteiger partial charge is 0.342 e. The van der Waals surface area contributed by atoms with Crippen LogP contribution < -0.4 is 0 Å². The molecule has 0 unspecified atom stereocenters. The molecule has 1 aromatic carbocycles. The van der Waals surface area contributed by atoms with E-state index in [1.54, 1.807) is 24.4 Å². The number of nitrogens with one attached hydrogen (secondary N) is 1. The fraction of sp³-hybridized carbons (Fsp3) is 0. The highest BCUT2D eigenvalue weighted by atomic mass is 19.1. The van der Waals surface area contributed by atoms with Crippen LogP contribution in [0, 0.1) is 5.82 Å². The number of fused-ring (bicyclic) bond motifs is 1. The van der Waals surface area contributed by atoms with Crippen LogP contribution in [0.15, 0.2) is 36.8 Å². The van der Waals surface area contributed by atoms with Crippen molar-refractivity contribution in [2.24, 2.45) is 0 Å². The van der Waals surface area contributed by atoms with E-state index in [2.05, 4.69) is 19.9 Å². The monoisotopic (exact) mass is 214 g/mol. The maximum Gasteiger partial charge on any atom is 0.181 e. The smallest absolute Gasteiger partial charge is 0.181 e. The lowest BCUT2D eigenvalue weighted by atomic mass is 10.2. The zero-order valence-electron chi connectivity index (χ0n) is 8.18. The van der Waals surface area contributed by atoms with E-state index in [1.165, 1.54) is 12.4 Å². The molecule has 0 fully saturated rings. The highest BCUT2D eigenvalue weighted by Crippen LogP contribution is 2.19. The molecular weight excluding hydrogens is 207 g/mol. The summed E-state index contributed by atoms with van der Waals surface area (Å²) >= 11 is 0. The Bertz CT molecular complexity index is 647. The second-order valence-corrected chi connectivity index (χ2v) is 3.31. The van der Waals surface area contributed by atoms with Crippen LogP contribution in [0.5, 0.6) is 0 Å². The van der Waals surface area contributed by atoms with Crippen LogP contribution in [-0.2, 0) is 0 Å². The lowest BCUT2D eigenvalue weighted by Crippen LogP contribution is -1.92. The summed E-state index contributed by atoms with van der Waals surface area (Å²) in [5.74, 6) is 0.00934. The van der Waals surface area contributed by atoms with Gasteiger partial charge in [0.1, 0.15) is 11.3 Å². The molecule has 78 valence electrons. The fourth-order valence-corrected chi connectivity index (χ4v) is 1.51. The lowest BCUT2D eigenvalue weighted by molar-refractivity contribution is 0.630. The van der Waals surface area contributed by atoms with Gasteiger partial charge in [0.05, 0.1) is 18.1 Å². The number of aromatic amines is 1. The van der Waals surface area contributed by atoms with E-state index in [1.807, 2.05) is 0 Å². The normalized spacial score (nSPS) is 10.8. The summed E-state index contributed by atoms with van der Waals surface area (Å²) in [5, 5.41) is 0. The highest BCUT2D eigenvalue weighted by Gasteiger charge is 2.08. The summed E-state index contributed by atoms with van der Waals surface area (Å²) in [6.45, 7) is 0. The summed E-state index contributed by atoms with van der Waals surface area (Å²) in [6, 6.07) is 6.40. The van der Waals surface area contributed by atoms with Crippen molar-refractivity contribution in [2.45, 2.75) is 0 Å². The van der Waals surface area contributed by atoms with Crippen molar-refractivity contribution in [2.75, 3.05) is 0 Å². The van der Waals surface area contributed by atoms with Crippen LogP contribution in [0.2, 0.25) is 0 Å². The summed E-state index contributed by atoms with van der Waals surface area (Å²) in [6.07, 6.45) is 3.13. The Hall–Kier alpha value is -2.30. The van der Waals surface area contributed by atoms with Gasteiger partial charge in [0.15, 0.2) is 11.5 Å². The molecule has 3 aromatic rings. The zero-order valence-corrected chi connectivity index (χ0v) is 8.18. The minimum absolute atomic E-state index is 0.336. The minimum atomic E-state index is -0.336. The number of halogens is 1. The van der Waals surface area contributed by atoms with Gasteiger partial charge in [-0.15, -0.1) is 0 Å². The van der Waals surface area contributed by atoms with E-state index >= 15 is 0 Å². The number of hydrogen-bond acceptors (Lipinski definition) is 3. The van der Waals surface area contributed by atoms with Crippen molar-refractivity contribution in [3.8, 4) is 11.4 Å². The van der Waals surface area contributed by atoms with E-state index in [4.69, 9.17) is 0 Å². The Labute approximate surface area is 90.2 Å². The molecule has 0 aliphatic carbocycles. The third kappa shape index (κ3) is 1.33. The summed E-state index contributed by atoms with van der Waals surface area (Å²) in [5.41, 5.74) is 1.65. The fourth-order valence-electron chi connectivity index (χ4n) is 1.51. The zero-order chi connectivity index (χ0) is 11.0. The molecule has 2 heterocycles. The topological polar surface area (TPSA) is 54.5 Å². The van der Waals surface area contributed by atoms with E-state index in [9.17, 15) is 4.39 Å². The molecule has 0 spiro atoms. The first-order chi connectivity index (χ1) is 7.84. The first-order valence-corrected chi connectivity index (χ1v) is 4.75. The quantitative estimate of drug-likeness (QED) is 0.675. The molecule has 1 N–H and O–H groups in total. The molecule has 5 heteroatoms. The van der Waals surface area contributed by atoms with E-state index in [0.717, 1.165) is 5.52 Å². The second kappa shape index (κ2) is 3.37. The van der Waals surface area contributed by atoms with Crippen LogP contribution in [0.1, 0.15) is 0 Å². The molecule has 0 bridgehead atoms. The van der Waals surface area contributed by atoms with Crippen LogP contribution in [-0.4, -0.2) is 19.9 Å². The standard InChI is InChI=1S/C11H7FN4/c12-8-4-2-1-3-7(8)10-13-5-9-11(16-10)15-6-14-9/h1-6H,(H,13,14,15,16). The van der Waals surface area contributed by atoms with Gasteiger partial charge in [0.25, 0.3) is 0 Å². The molecule has 2 aromatic heterocycles. The van der Waals surface area contributed by atoms with Gasteiger partial charge in [0.2, 0.25) is 0 Å². The molecule has 0 saturated carbocycles. The number of aromatic nitrogens is 4. The van der Waals surface area contributed by atoms with Crippen LogP contribution in [0.4, 0.5) is 4.39 Å². The van der Waals surface area contributed by atoms with E-state index in [-0.39, 0.29) is 5.82 Å². The maximum absolute atomic E-state index is 13.5. The third-order valence-electron chi connectivity index (χ3n) is 2.29. The van der Waals surface area contributed by atoms with Gasteiger partial charge in [-0.3, -0.25) is 0 Å². The molecule has 0 radical (unpaired) electrons. The van der Waals surface area contributed by atoms with Crippen molar-refractivity contribution in [1.29, 1.82) is 0 Å². The van der Waals surface area contributed by atoms with Gasteiger partial charge in [-0.1, -0.05) is 12.1 Å². The van der Waals surface area contributed by atoms with Crippen molar-refractivity contribution < 1.29 is 4.39 Å². The SMILES string of the molecule is Fc1ccccc1-c1ncc2[nH]cnc2n1. The second-order valence-electron chi connectivity index (χ2n) is 3.31. The molecule has 0 aliphatic rings. The Morgan fingerprint density at radius 3 is 2.88 bits per heavy atom. The Morgan fingerprint density at radius 2 is 2.00 bits per heavy atom. The van der Waals surface area contributed by atoms with Gasteiger partial charge in [-0.05, 0) is 12.1 Å². The first kappa shape index (κ1) is 8.96. The number of imidazole rings is 1. The van der Waals surface area contributed by atoms with Crippen molar-refractivity contribution in [3.05, 3.63) is 42.6 Å². The van der Waals surface area contributed by atoms with E-state index < -0.39 is 0 Å². The molecule has 0 amide bonds. The Morgan fingerprint density at radius 1 is 1.12 bits per heavy atom. The molecule has 0 saturated heterocycles. The van der Waals surface area contributed by atoms with Gasteiger partial charge < -0.3 is 4.98 Å². The van der Waals surface area contributed by atoms with Crippen molar-refractivity contribution in [3.63, 3.8) is 0 Å². The third-order valence-corrected chi connectivity index (χ3v) is 2.29. The molecule has 0 aliphatic heterocycles. The molecule has 3 rings (SSSR count).